The highest BCUT2D eigenvalue weighted by atomic mass is 35.5. The van der Waals surface area contributed by atoms with Gasteiger partial charge in [0.2, 0.25) is 5.91 Å². The van der Waals surface area contributed by atoms with Crippen molar-refractivity contribution in [1.29, 1.82) is 0 Å². The van der Waals surface area contributed by atoms with E-state index in [9.17, 15) is 4.79 Å². The number of benzene rings is 1. The van der Waals surface area contributed by atoms with E-state index < -0.39 is 0 Å². The summed E-state index contributed by atoms with van der Waals surface area (Å²) in [7, 11) is 0. The molecule has 1 aromatic rings. The van der Waals surface area contributed by atoms with Crippen molar-refractivity contribution in [1.82, 2.24) is 4.90 Å². The first-order chi connectivity index (χ1) is 10.7. The van der Waals surface area contributed by atoms with Gasteiger partial charge >= 0.3 is 0 Å². The van der Waals surface area contributed by atoms with Gasteiger partial charge in [-0.05, 0) is 37.9 Å². The van der Waals surface area contributed by atoms with Crippen molar-refractivity contribution >= 4 is 23.2 Å². The minimum Gasteiger partial charge on any atom is -0.490 e. The van der Waals surface area contributed by atoms with Crippen LogP contribution in [0.1, 0.15) is 26.2 Å². The molecule has 1 amide bonds. The van der Waals surface area contributed by atoms with Crippen LogP contribution in [0.2, 0.25) is 5.02 Å². The number of carbonyl (C=O) groups excluding carboxylic acids is 1. The first-order valence-corrected chi connectivity index (χ1v) is 8.12. The van der Waals surface area contributed by atoms with Crippen molar-refractivity contribution in [2.75, 3.05) is 25.0 Å². The second-order valence-corrected chi connectivity index (χ2v) is 5.80. The molecule has 0 bridgehead atoms. The van der Waals surface area contributed by atoms with Gasteiger partial charge in [-0.3, -0.25) is 9.69 Å². The molecule has 1 fully saturated rings. The molecule has 2 rings (SSSR count). The number of rotatable bonds is 7. The van der Waals surface area contributed by atoms with Crippen molar-refractivity contribution in [2.24, 2.45) is 0 Å². The number of hydrogen-bond donors (Lipinski definition) is 1. The molecule has 1 saturated heterocycles. The number of nitrogens with one attached hydrogen (secondary N) is 1. The first kappa shape index (κ1) is 16.8. The van der Waals surface area contributed by atoms with Crippen LogP contribution < -0.4 is 10.1 Å². The maximum atomic E-state index is 12.6. The van der Waals surface area contributed by atoms with Gasteiger partial charge in [0, 0.05) is 6.54 Å². The number of ether oxygens (including phenoxy) is 1. The fraction of sp³-hybridized carbons (Fsp3) is 0.471. The molecule has 0 aromatic heterocycles. The van der Waals surface area contributed by atoms with Crippen LogP contribution in [0.25, 0.3) is 0 Å². The molecule has 1 heterocycles. The number of amides is 1. The molecule has 1 atom stereocenters. The van der Waals surface area contributed by atoms with E-state index >= 15 is 0 Å². The van der Waals surface area contributed by atoms with E-state index in [2.05, 4.69) is 16.8 Å². The van der Waals surface area contributed by atoms with Gasteiger partial charge in [0.15, 0.2) is 5.75 Å². The molecular weight excluding hydrogens is 300 g/mol. The summed E-state index contributed by atoms with van der Waals surface area (Å²) >= 11 is 6.19. The van der Waals surface area contributed by atoms with Crippen molar-refractivity contribution in [3.05, 3.63) is 35.9 Å². The third-order valence-corrected chi connectivity index (χ3v) is 4.00. The van der Waals surface area contributed by atoms with Crippen LogP contribution in [-0.4, -0.2) is 36.5 Å². The van der Waals surface area contributed by atoms with Crippen LogP contribution in [0.5, 0.6) is 5.75 Å². The molecule has 120 valence electrons. The van der Waals surface area contributed by atoms with Crippen LogP contribution in [0, 0.1) is 0 Å². The normalized spacial score (nSPS) is 18.2. The summed E-state index contributed by atoms with van der Waals surface area (Å²) in [5, 5.41) is 3.48. The molecule has 5 heteroatoms. The third-order valence-electron chi connectivity index (χ3n) is 3.71. The fourth-order valence-corrected chi connectivity index (χ4v) is 2.91. The Hall–Kier alpha value is -1.52. The highest BCUT2D eigenvalue weighted by Gasteiger charge is 2.30. The van der Waals surface area contributed by atoms with Gasteiger partial charge in [-0.25, -0.2) is 0 Å². The van der Waals surface area contributed by atoms with Gasteiger partial charge in [0.05, 0.1) is 23.4 Å². The Balaban J connectivity index is 2.11. The van der Waals surface area contributed by atoms with Crippen molar-refractivity contribution in [3.8, 4) is 5.75 Å². The highest BCUT2D eigenvalue weighted by molar-refractivity contribution is 6.32. The van der Waals surface area contributed by atoms with E-state index in [1.54, 1.807) is 6.07 Å². The predicted octanol–water partition coefficient (Wildman–Crippen LogP) is 3.72. The molecule has 1 N–H and O–H groups in total. The Kier molecular flexibility index (Phi) is 6.28. The molecule has 22 heavy (non-hydrogen) atoms. The van der Waals surface area contributed by atoms with Gasteiger partial charge in [0.25, 0.3) is 0 Å². The average molecular weight is 323 g/mol. The Morgan fingerprint density at radius 1 is 1.59 bits per heavy atom. The monoisotopic (exact) mass is 322 g/mol. The van der Waals surface area contributed by atoms with E-state index in [0.29, 0.717) is 23.1 Å². The maximum absolute atomic E-state index is 12.6. The quantitative estimate of drug-likeness (QED) is 0.778. The lowest BCUT2D eigenvalue weighted by Gasteiger charge is -2.23. The van der Waals surface area contributed by atoms with E-state index in [0.717, 1.165) is 32.4 Å². The second kappa shape index (κ2) is 8.20. The molecule has 0 saturated carbocycles. The number of hydrogen-bond acceptors (Lipinski definition) is 3. The Morgan fingerprint density at radius 3 is 3.14 bits per heavy atom. The van der Waals surface area contributed by atoms with Gasteiger partial charge in [0.1, 0.15) is 0 Å². The van der Waals surface area contributed by atoms with Gasteiger partial charge in [-0.15, -0.1) is 6.58 Å². The number of nitrogens with zero attached hydrogens (tertiary/aromatic N) is 1. The molecule has 0 radical (unpaired) electrons. The van der Waals surface area contributed by atoms with Crippen molar-refractivity contribution in [3.63, 3.8) is 0 Å². The standard InChI is InChI=1S/C17H23ClN2O2/c1-3-10-20-11-6-9-15(20)17(21)19-14-8-5-7-13(18)16(14)22-12-4-2/h3,5,7-8,15H,1,4,6,9-12H2,2H3,(H,19,21)/t15-/m0/s1. The van der Waals surface area contributed by atoms with E-state index in [-0.39, 0.29) is 11.9 Å². The summed E-state index contributed by atoms with van der Waals surface area (Å²) in [6.45, 7) is 8.01. The number of likely N-dealkylation sites (tertiary alicyclic amines) is 1. The molecule has 1 aromatic carbocycles. The Labute approximate surface area is 137 Å². The number of carbonyl (C=O) groups is 1. The molecule has 4 nitrogen and oxygen atoms in total. The molecule has 1 aliphatic heterocycles. The topological polar surface area (TPSA) is 41.6 Å². The smallest absolute Gasteiger partial charge is 0.241 e. The molecule has 0 unspecified atom stereocenters. The lowest BCUT2D eigenvalue weighted by atomic mass is 10.2. The van der Waals surface area contributed by atoms with E-state index in [4.69, 9.17) is 16.3 Å². The average Bonchev–Trinajstić information content (AvgIpc) is 2.95. The van der Waals surface area contributed by atoms with Crippen LogP contribution >= 0.6 is 11.6 Å². The fourth-order valence-electron chi connectivity index (χ4n) is 2.68. The first-order valence-electron chi connectivity index (χ1n) is 7.74. The van der Waals surface area contributed by atoms with Crippen molar-refractivity contribution in [2.45, 2.75) is 32.2 Å². The predicted molar refractivity (Wildman–Crippen MR) is 90.7 cm³/mol. The molecule has 0 aliphatic carbocycles. The summed E-state index contributed by atoms with van der Waals surface area (Å²) in [4.78, 5) is 14.7. The molecule has 1 aliphatic rings. The highest BCUT2D eigenvalue weighted by Crippen LogP contribution is 2.33. The molecule has 0 spiro atoms. The maximum Gasteiger partial charge on any atom is 0.241 e. The summed E-state index contributed by atoms with van der Waals surface area (Å²) in [6, 6.07) is 5.28. The largest absolute Gasteiger partial charge is 0.490 e. The summed E-state index contributed by atoms with van der Waals surface area (Å²) in [5.74, 6) is 0.538. The summed E-state index contributed by atoms with van der Waals surface area (Å²) < 4.78 is 5.68. The number of anilines is 1. The van der Waals surface area contributed by atoms with E-state index in [1.807, 2.05) is 25.1 Å². The number of halogens is 1. The number of para-hydroxylation sites is 1. The SMILES string of the molecule is C=CCN1CCC[C@H]1C(=O)Nc1cccc(Cl)c1OCCC. The van der Waals surface area contributed by atoms with Gasteiger partial charge < -0.3 is 10.1 Å². The van der Waals surface area contributed by atoms with Crippen LogP contribution in [0.4, 0.5) is 5.69 Å². The third kappa shape index (κ3) is 4.02. The van der Waals surface area contributed by atoms with Crippen LogP contribution in [0.15, 0.2) is 30.9 Å². The van der Waals surface area contributed by atoms with Crippen LogP contribution in [-0.2, 0) is 4.79 Å². The second-order valence-electron chi connectivity index (χ2n) is 5.40. The zero-order chi connectivity index (χ0) is 15.9. The van der Waals surface area contributed by atoms with E-state index in [1.165, 1.54) is 0 Å². The van der Waals surface area contributed by atoms with Crippen LogP contribution in [0.3, 0.4) is 0 Å². The van der Waals surface area contributed by atoms with Crippen molar-refractivity contribution < 1.29 is 9.53 Å². The lowest BCUT2D eigenvalue weighted by Crippen LogP contribution is -2.39. The summed E-state index contributed by atoms with van der Waals surface area (Å²) in [6.07, 6.45) is 4.61. The minimum absolute atomic E-state index is 0.0111. The molecular formula is C17H23ClN2O2. The zero-order valence-electron chi connectivity index (χ0n) is 13.0. The minimum atomic E-state index is -0.115. The van der Waals surface area contributed by atoms with Gasteiger partial charge in [-0.2, -0.15) is 0 Å². The Bertz CT molecular complexity index is 533. The lowest BCUT2D eigenvalue weighted by molar-refractivity contribution is -0.120. The zero-order valence-corrected chi connectivity index (χ0v) is 13.7. The summed E-state index contributed by atoms with van der Waals surface area (Å²) in [5.41, 5.74) is 0.636. The van der Waals surface area contributed by atoms with Gasteiger partial charge in [-0.1, -0.05) is 30.7 Å². The Morgan fingerprint density at radius 2 is 2.41 bits per heavy atom.